The molecule has 0 fully saturated rings. The van der Waals surface area contributed by atoms with Crippen molar-refractivity contribution in [3.05, 3.63) is 29.8 Å². The largest absolute Gasteiger partial charge is 0.480 e. The number of carboxylic acid groups (broad SMARTS) is 1. The number of carbonyl (C=O) groups is 1. The van der Waals surface area contributed by atoms with Crippen molar-refractivity contribution < 1.29 is 23.1 Å². The number of rotatable bonds is 5. The molecule has 1 aromatic rings. The summed E-state index contributed by atoms with van der Waals surface area (Å²) >= 11 is 0. The monoisotopic (exact) mass is 261 g/mol. The number of benzene rings is 1. The van der Waals surface area contributed by atoms with Gasteiger partial charge in [0.05, 0.1) is 5.56 Å². The van der Waals surface area contributed by atoms with E-state index in [-0.39, 0.29) is 6.54 Å². The summed E-state index contributed by atoms with van der Waals surface area (Å²) in [4.78, 5) is 12.2. The smallest absolute Gasteiger partial charge is 0.416 e. The fourth-order valence-electron chi connectivity index (χ4n) is 1.59. The Kier molecular flexibility index (Phi) is 4.58. The summed E-state index contributed by atoms with van der Waals surface area (Å²) in [6.07, 6.45) is -3.66. The first-order valence-electron chi connectivity index (χ1n) is 5.48. The lowest BCUT2D eigenvalue weighted by molar-refractivity contribution is -0.138. The van der Waals surface area contributed by atoms with Crippen LogP contribution in [0.4, 0.5) is 18.9 Å². The molecule has 0 heterocycles. The minimum atomic E-state index is -4.37. The number of hydrogen-bond donors (Lipinski definition) is 1. The number of alkyl halides is 3. The first-order chi connectivity index (χ1) is 8.34. The fourth-order valence-corrected chi connectivity index (χ4v) is 1.59. The average molecular weight is 261 g/mol. The number of aliphatic carboxylic acids is 1. The van der Waals surface area contributed by atoms with Crippen LogP contribution in [0.3, 0.4) is 0 Å². The molecule has 0 aliphatic rings. The molecular weight excluding hydrogens is 247 g/mol. The van der Waals surface area contributed by atoms with Crippen molar-refractivity contribution in [1.29, 1.82) is 0 Å². The third-order valence-corrected chi connectivity index (χ3v) is 2.38. The maximum Gasteiger partial charge on any atom is 0.416 e. The van der Waals surface area contributed by atoms with Gasteiger partial charge in [0.25, 0.3) is 0 Å². The van der Waals surface area contributed by atoms with E-state index in [1.165, 1.54) is 17.0 Å². The Morgan fingerprint density at radius 3 is 2.22 bits per heavy atom. The summed E-state index contributed by atoms with van der Waals surface area (Å²) in [7, 11) is 0. The van der Waals surface area contributed by atoms with Crippen molar-refractivity contribution in [2.45, 2.75) is 19.5 Å². The summed E-state index contributed by atoms with van der Waals surface area (Å²) in [6, 6.07) is 4.50. The van der Waals surface area contributed by atoms with Crippen LogP contribution in [-0.2, 0) is 11.0 Å². The second kappa shape index (κ2) is 5.75. The zero-order valence-electron chi connectivity index (χ0n) is 9.87. The highest BCUT2D eigenvalue weighted by Gasteiger charge is 2.30. The Morgan fingerprint density at radius 1 is 1.28 bits per heavy atom. The summed E-state index contributed by atoms with van der Waals surface area (Å²) in [6.45, 7) is 2.13. The van der Waals surface area contributed by atoms with Gasteiger partial charge in [-0.15, -0.1) is 0 Å². The lowest BCUT2D eigenvalue weighted by Gasteiger charge is -2.22. The molecule has 0 aliphatic heterocycles. The van der Waals surface area contributed by atoms with Crippen molar-refractivity contribution in [2.75, 3.05) is 18.0 Å². The average Bonchev–Trinajstić information content (AvgIpc) is 2.27. The van der Waals surface area contributed by atoms with Crippen molar-refractivity contribution in [3.8, 4) is 0 Å². The van der Waals surface area contributed by atoms with E-state index >= 15 is 0 Å². The van der Waals surface area contributed by atoms with E-state index in [9.17, 15) is 18.0 Å². The highest BCUT2D eigenvalue weighted by molar-refractivity contribution is 5.73. The molecule has 0 amide bonds. The van der Waals surface area contributed by atoms with Crippen molar-refractivity contribution >= 4 is 11.7 Å². The van der Waals surface area contributed by atoms with Crippen molar-refractivity contribution in [2.24, 2.45) is 0 Å². The SMILES string of the molecule is CCCN(CC(=O)O)c1ccc(C(F)(F)F)cc1. The summed E-state index contributed by atoms with van der Waals surface area (Å²) in [5.41, 5.74) is -0.259. The molecule has 0 radical (unpaired) electrons. The molecule has 1 rings (SSSR count). The molecule has 0 aromatic heterocycles. The molecule has 0 aliphatic carbocycles. The molecule has 18 heavy (non-hydrogen) atoms. The number of halogens is 3. The number of nitrogens with zero attached hydrogens (tertiary/aromatic N) is 1. The van der Waals surface area contributed by atoms with Crippen molar-refractivity contribution in [1.82, 2.24) is 0 Å². The van der Waals surface area contributed by atoms with Gasteiger partial charge >= 0.3 is 12.1 Å². The Labute approximate surface area is 103 Å². The Bertz CT molecular complexity index is 401. The second-order valence-corrected chi connectivity index (χ2v) is 3.86. The van der Waals surface area contributed by atoms with Crippen LogP contribution in [0.2, 0.25) is 0 Å². The van der Waals surface area contributed by atoms with Crippen LogP contribution < -0.4 is 4.90 Å². The van der Waals surface area contributed by atoms with Crippen LogP contribution in [-0.4, -0.2) is 24.2 Å². The predicted molar refractivity (Wildman–Crippen MR) is 61.6 cm³/mol. The highest BCUT2D eigenvalue weighted by atomic mass is 19.4. The van der Waals surface area contributed by atoms with Gasteiger partial charge in [-0.05, 0) is 30.7 Å². The van der Waals surface area contributed by atoms with Gasteiger partial charge in [-0.2, -0.15) is 13.2 Å². The van der Waals surface area contributed by atoms with E-state index in [1.807, 2.05) is 6.92 Å². The summed E-state index contributed by atoms with van der Waals surface area (Å²) < 4.78 is 37.1. The van der Waals surface area contributed by atoms with Crippen LogP contribution in [0.15, 0.2) is 24.3 Å². The third kappa shape index (κ3) is 3.94. The van der Waals surface area contributed by atoms with E-state index in [4.69, 9.17) is 5.11 Å². The lowest BCUT2D eigenvalue weighted by Crippen LogP contribution is -2.30. The van der Waals surface area contributed by atoms with Gasteiger partial charge in [-0.1, -0.05) is 6.92 Å². The van der Waals surface area contributed by atoms with Gasteiger partial charge in [0.2, 0.25) is 0 Å². The maximum atomic E-state index is 12.4. The topological polar surface area (TPSA) is 40.5 Å². The molecule has 1 aromatic carbocycles. The molecule has 0 saturated carbocycles. The first-order valence-corrected chi connectivity index (χ1v) is 5.48. The van der Waals surface area contributed by atoms with Crippen LogP contribution in [0.1, 0.15) is 18.9 Å². The standard InChI is InChI=1S/C12H14F3NO2/c1-2-7-16(8-11(17)18)10-5-3-9(4-6-10)12(13,14)15/h3-6H,2,7-8H2,1H3,(H,17,18). The van der Waals surface area contributed by atoms with Gasteiger partial charge in [0, 0.05) is 12.2 Å². The molecule has 0 atom stereocenters. The van der Waals surface area contributed by atoms with E-state index in [2.05, 4.69) is 0 Å². The predicted octanol–water partition coefficient (Wildman–Crippen LogP) is 3.01. The second-order valence-electron chi connectivity index (χ2n) is 3.86. The van der Waals surface area contributed by atoms with E-state index in [1.54, 1.807) is 0 Å². The molecule has 0 unspecified atom stereocenters. The van der Waals surface area contributed by atoms with E-state index < -0.39 is 17.7 Å². The Hall–Kier alpha value is -1.72. The summed E-state index contributed by atoms with van der Waals surface area (Å²) in [5, 5.41) is 8.73. The van der Waals surface area contributed by atoms with Gasteiger partial charge in [0.15, 0.2) is 0 Å². The molecule has 100 valence electrons. The normalized spacial score (nSPS) is 11.3. The maximum absolute atomic E-state index is 12.4. The molecule has 1 N–H and O–H groups in total. The Balaban J connectivity index is 2.90. The lowest BCUT2D eigenvalue weighted by atomic mass is 10.2. The first kappa shape index (κ1) is 14.3. The van der Waals surface area contributed by atoms with Crippen LogP contribution >= 0.6 is 0 Å². The van der Waals surface area contributed by atoms with Gasteiger partial charge in [-0.25, -0.2) is 0 Å². The minimum absolute atomic E-state index is 0.223. The minimum Gasteiger partial charge on any atom is -0.480 e. The van der Waals surface area contributed by atoms with Crippen LogP contribution in [0.5, 0.6) is 0 Å². The Morgan fingerprint density at radius 2 is 1.83 bits per heavy atom. The molecule has 6 heteroatoms. The third-order valence-electron chi connectivity index (χ3n) is 2.38. The van der Waals surface area contributed by atoms with E-state index in [0.29, 0.717) is 18.7 Å². The molecule has 0 bridgehead atoms. The van der Waals surface area contributed by atoms with Crippen molar-refractivity contribution in [3.63, 3.8) is 0 Å². The highest BCUT2D eigenvalue weighted by Crippen LogP contribution is 2.30. The quantitative estimate of drug-likeness (QED) is 0.885. The fraction of sp³-hybridized carbons (Fsp3) is 0.417. The number of hydrogen-bond acceptors (Lipinski definition) is 2. The molecular formula is C12H14F3NO2. The van der Waals surface area contributed by atoms with Gasteiger partial charge in [-0.3, -0.25) is 4.79 Å². The van der Waals surface area contributed by atoms with Crippen LogP contribution in [0.25, 0.3) is 0 Å². The molecule has 0 spiro atoms. The number of carboxylic acids is 1. The van der Waals surface area contributed by atoms with E-state index in [0.717, 1.165) is 12.1 Å². The van der Waals surface area contributed by atoms with Gasteiger partial charge in [0.1, 0.15) is 6.54 Å². The molecule has 0 saturated heterocycles. The zero-order chi connectivity index (χ0) is 13.8. The summed E-state index contributed by atoms with van der Waals surface area (Å²) in [5.74, 6) is -1.01. The molecule has 3 nitrogen and oxygen atoms in total. The zero-order valence-corrected chi connectivity index (χ0v) is 9.87. The van der Waals surface area contributed by atoms with Gasteiger partial charge < -0.3 is 10.0 Å². The number of anilines is 1. The van der Waals surface area contributed by atoms with Crippen LogP contribution in [0, 0.1) is 0 Å².